The number of nitrogens with zero attached hydrogens (tertiary/aromatic N) is 4. The first-order valence-electron chi connectivity index (χ1n) is 5.45. The maximum absolute atomic E-state index is 12.2. The van der Waals surface area contributed by atoms with Crippen LogP contribution in [0.4, 0.5) is 5.13 Å². The summed E-state index contributed by atoms with van der Waals surface area (Å²) in [5.41, 5.74) is 0. The van der Waals surface area contributed by atoms with Crippen molar-refractivity contribution in [2.24, 2.45) is 0 Å². The van der Waals surface area contributed by atoms with Crippen molar-refractivity contribution in [3.8, 4) is 6.07 Å². The van der Waals surface area contributed by atoms with Crippen molar-refractivity contribution in [2.75, 3.05) is 18.9 Å². The number of nitrogens with one attached hydrogen (secondary N) is 1. The number of nitriles is 1. The summed E-state index contributed by atoms with van der Waals surface area (Å²) in [4.78, 5) is 13.9. The zero-order valence-electron chi connectivity index (χ0n) is 9.51. The Bertz CT molecular complexity index is 448. The zero-order chi connectivity index (χ0) is 12.3. The molecule has 1 heterocycles. The fourth-order valence-electron chi connectivity index (χ4n) is 1.54. The molecule has 1 N–H and O–H groups in total. The third kappa shape index (κ3) is 2.71. The summed E-state index contributed by atoms with van der Waals surface area (Å²) in [6.07, 6.45) is 2.41. The van der Waals surface area contributed by atoms with Gasteiger partial charge in [0.05, 0.1) is 12.5 Å². The van der Waals surface area contributed by atoms with Gasteiger partial charge in [-0.15, -0.1) is 10.2 Å². The second kappa shape index (κ2) is 5.10. The third-order valence-corrected chi connectivity index (χ3v) is 3.46. The Morgan fingerprint density at radius 1 is 1.65 bits per heavy atom. The molecule has 1 aliphatic rings. The summed E-state index contributed by atoms with van der Waals surface area (Å²) in [6.45, 7) is 0.481. The van der Waals surface area contributed by atoms with Gasteiger partial charge in [-0.05, 0) is 12.8 Å². The quantitative estimate of drug-likeness (QED) is 0.847. The number of hydrogen-bond donors (Lipinski definition) is 1. The van der Waals surface area contributed by atoms with Crippen molar-refractivity contribution in [1.29, 1.82) is 5.26 Å². The highest BCUT2D eigenvalue weighted by molar-refractivity contribution is 7.17. The highest BCUT2D eigenvalue weighted by atomic mass is 32.1. The molecule has 17 heavy (non-hydrogen) atoms. The van der Waals surface area contributed by atoms with E-state index in [-0.39, 0.29) is 11.9 Å². The predicted octanol–water partition coefficient (Wildman–Crippen LogP) is 1.10. The Hall–Kier alpha value is -1.68. The van der Waals surface area contributed by atoms with E-state index in [1.807, 2.05) is 0 Å². The first-order valence-corrected chi connectivity index (χ1v) is 6.27. The number of anilines is 1. The van der Waals surface area contributed by atoms with Gasteiger partial charge < -0.3 is 10.2 Å². The van der Waals surface area contributed by atoms with Crippen LogP contribution in [0.15, 0.2) is 0 Å². The molecular formula is C10H13N5OS. The second-order valence-corrected chi connectivity index (χ2v) is 4.78. The number of hydrogen-bond acceptors (Lipinski definition) is 6. The Balaban J connectivity index is 2.07. The highest BCUT2D eigenvalue weighted by Gasteiger charge is 2.34. The lowest BCUT2D eigenvalue weighted by Crippen LogP contribution is -2.33. The van der Waals surface area contributed by atoms with Crippen LogP contribution in [-0.4, -0.2) is 40.6 Å². The fourth-order valence-corrected chi connectivity index (χ4v) is 2.19. The summed E-state index contributed by atoms with van der Waals surface area (Å²) in [6, 6.07) is 2.35. The van der Waals surface area contributed by atoms with Crippen molar-refractivity contribution < 1.29 is 4.79 Å². The summed E-state index contributed by atoms with van der Waals surface area (Å²) in [5, 5.41) is 20.2. The molecule has 1 saturated carbocycles. The van der Waals surface area contributed by atoms with E-state index in [1.54, 1.807) is 11.9 Å². The third-order valence-electron chi connectivity index (χ3n) is 2.53. The van der Waals surface area contributed by atoms with E-state index in [0.717, 1.165) is 12.8 Å². The fraction of sp³-hybridized carbons (Fsp3) is 0.600. The molecule has 2 rings (SSSR count). The lowest BCUT2D eigenvalue weighted by molar-refractivity contribution is 0.0745. The number of carbonyl (C=O) groups is 1. The molecule has 1 aliphatic carbocycles. The van der Waals surface area contributed by atoms with Gasteiger partial charge in [0.1, 0.15) is 0 Å². The standard InChI is InChI=1S/C10H13N5OS/c1-12-10-14-13-8(17-10)9(16)15(6-2-5-11)7-3-4-7/h7H,2-4,6H2,1H3,(H,12,14). The van der Waals surface area contributed by atoms with Crippen LogP contribution >= 0.6 is 11.3 Å². The minimum atomic E-state index is -0.109. The molecule has 1 aromatic rings. The van der Waals surface area contributed by atoms with Gasteiger partial charge in [0.15, 0.2) is 0 Å². The first-order chi connectivity index (χ1) is 8.26. The minimum absolute atomic E-state index is 0.109. The smallest absolute Gasteiger partial charge is 0.285 e. The molecule has 6 nitrogen and oxygen atoms in total. The molecule has 90 valence electrons. The van der Waals surface area contributed by atoms with Crippen molar-refractivity contribution in [1.82, 2.24) is 15.1 Å². The monoisotopic (exact) mass is 251 g/mol. The first kappa shape index (κ1) is 11.8. The van der Waals surface area contributed by atoms with Gasteiger partial charge in [0.25, 0.3) is 5.91 Å². The van der Waals surface area contributed by atoms with Gasteiger partial charge >= 0.3 is 0 Å². The van der Waals surface area contributed by atoms with E-state index < -0.39 is 0 Å². The summed E-state index contributed by atoms with van der Waals surface area (Å²) in [7, 11) is 1.74. The zero-order valence-corrected chi connectivity index (χ0v) is 10.3. The maximum Gasteiger partial charge on any atom is 0.285 e. The SMILES string of the molecule is CNc1nnc(C(=O)N(CCC#N)C2CC2)s1. The minimum Gasteiger partial charge on any atom is -0.363 e. The Labute approximate surface area is 103 Å². The van der Waals surface area contributed by atoms with Crippen LogP contribution in [0.25, 0.3) is 0 Å². The van der Waals surface area contributed by atoms with Gasteiger partial charge in [-0.1, -0.05) is 11.3 Å². The van der Waals surface area contributed by atoms with E-state index in [0.29, 0.717) is 23.1 Å². The topological polar surface area (TPSA) is 81.9 Å². The molecule has 1 aromatic heterocycles. The van der Waals surface area contributed by atoms with Crippen LogP contribution in [0, 0.1) is 11.3 Å². The number of carbonyl (C=O) groups excluding carboxylic acids is 1. The van der Waals surface area contributed by atoms with Crippen molar-refractivity contribution in [2.45, 2.75) is 25.3 Å². The summed E-state index contributed by atoms with van der Waals surface area (Å²) >= 11 is 1.24. The van der Waals surface area contributed by atoms with Crippen LogP contribution in [0.3, 0.4) is 0 Å². The molecule has 1 fully saturated rings. The van der Waals surface area contributed by atoms with E-state index in [4.69, 9.17) is 5.26 Å². The molecule has 0 bridgehead atoms. The largest absolute Gasteiger partial charge is 0.363 e. The number of amides is 1. The Kier molecular flexibility index (Phi) is 3.54. The van der Waals surface area contributed by atoms with Crippen molar-refractivity contribution in [3.63, 3.8) is 0 Å². The lowest BCUT2D eigenvalue weighted by Gasteiger charge is -2.19. The lowest BCUT2D eigenvalue weighted by atomic mass is 10.3. The van der Waals surface area contributed by atoms with Gasteiger partial charge in [0.2, 0.25) is 10.1 Å². The molecule has 0 aromatic carbocycles. The van der Waals surface area contributed by atoms with Gasteiger partial charge in [-0.25, -0.2) is 0 Å². The number of rotatable bonds is 5. The maximum atomic E-state index is 12.2. The normalized spacial score (nSPS) is 14.1. The molecule has 0 spiro atoms. The van der Waals surface area contributed by atoms with Gasteiger partial charge in [-0.2, -0.15) is 5.26 Å². The highest BCUT2D eigenvalue weighted by Crippen LogP contribution is 2.29. The van der Waals surface area contributed by atoms with Crippen LogP contribution in [0.5, 0.6) is 0 Å². The predicted molar refractivity (Wildman–Crippen MR) is 63.7 cm³/mol. The van der Waals surface area contributed by atoms with Gasteiger partial charge in [0, 0.05) is 19.6 Å². The van der Waals surface area contributed by atoms with E-state index in [2.05, 4.69) is 21.6 Å². The molecular weight excluding hydrogens is 238 g/mol. The molecule has 0 unspecified atom stereocenters. The van der Waals surface area contributed by atoms with Crippen molar-refractivity contribution in [3.05, 3.63) is 5.01 Å². The molecule has 0 saturated heterocycles. The Morgan fingerprint density at radius 2 is 2.41 bits per heavy atom. The molecule has 0 aliphatic heterocycles. The van der Waals surface area contributed by atoms with Crippen LogP contribution < -0.4 is 5.32 Å². The van der Waals surface area contributed by atoms with E-state index in [9.17, 15) is 4.79 Å². The van der Waals surface area contributed by atoms with Crippen molar-refractivity contribution >= 4 is 22.4 Å². The second-order valence-electron chi connectivity index (χ2n) is 3.80. The molecule has 7 heteroatoms. The molecule has 1 amide bonds. The average molecular weight is 251 g/mol. The van der Waals surface area contributed by atoms with Crippen LogP contribution in [0.2, 0.25) is 0 Å². The van der Waals surface area contributed by atoms with E-state index in [1.165, 1.54) is 11.3 Å². The average Bonchev–Trinajstić information content (AvgIpc) is 3.06. The van der Waals surface area contributed by atoms with Crippen LogP contribution in [0.1, 0.15) is 29.1 Å². The number of aromatic nitrogens is 2. The summed E-state index contributed by atoms with van der Waals surface area (Å²) in [5.74, 6) is -0.109. The van der Waals surface area contributed by atoms with Crippen LogP contribution in [-0.2, 0) is 0 Å². The molecule has 0 atom stereocenters. The summed E-state index contributed by atoms with van der Waals surface area (Å²) < 4.78 is 0. The molecule has 0 radical (unpaired) electrons. The van der Waals surface area contributed by atoms with Gasteiger partial charge in [-0.3, -0.25) is 4.79 Å². The van der Waals surface area contributed by atoms with E-state index >= 15 is 0 Å². The Morgan fingerprint density at radius 3 is 2.94 bits per heavy atom.